The molecule has 8 aromatic carbocycles. The standard InChI is InChI=1S/C49H30N6/c1-3-12-32(13-4-1)47-52-48(33-14-5-2-6-15-33)54-49(53-47)34-24-22-31(23-25-34)35-16-11-17-36(30-35)55-42-21-10-9-18-37(42)40-26-27-41-43(46(40)55)38-19-7-8-20-39(38)44-45(41)51-29-28-50-44/h1-30H. The van der Waals surface area contributed by atoms with Crippen molar-refractivity contribution < 1.29 is 0 Å². The van der Waals surface area contributed by atoms with Crippen LogP contribution in [0.1, 0.15) is 0 Å². The maximum absolute atomic E-state index is 4.94. The summed E-state index contributed by atoms with van der Waals surface area (Å²) in [6.07, 6.45) is 3.57. The highest BCUT2D eigenvalue weighted by Gasteiger charge is 2.20. The smallest absolute Gasteiger partial charge is 0.164 e. The number of fused-ring (bicyclic) bond motifs is 10. The van der Waals surface area contributed by atoms with Crippen molar-refractivity contribution in [3.05, 3.63) is 182 Å². The molecule has 55 heavy (non-hydrogen) atoms. The topological polar surface area (TPSA) is 69.4 Å². The number of hydrogen-bond donors (Lipinski definition) is 0. The van der Waals surface area contributed by atoms with Crippen LogP contribution in [0, 0.1) is 0 Å². The predicted molar refractivity (Wildman–Crippen MR) is 224 cm³/mol. The third-order valence-electron chi connectivity index (χ3n) is 10.5. The van der Waals surface area contributed by atoms with Crippen molar-refractivity contribution in [3.8, 4) is 51.0 Å². The first-order chi connectivity index (χ1) is 27.3. The monoisotopic (exact) mass is 702 g/mol. The average molecular weight is 703 g/mol. The van der Waals surface area contributed by atoms with Crippen molar-refractivity contribution >= 4 is 54.4 Å². The molecule has 6 nitrogen and oxygen atoms in total. The molecular weight excluding hydrogens is 673 g/mol. The molecule has 0 N–H and O–H groups in total. The maximum Gasteiger partial charge on any atom is 0.164 e. The second-order valence-electron chi connectivity index (χ2n) is 13.7. The molecule has 6 heteroatoms. The highest BCUT2D eigenvalue weighted by molar-refractivity contribution is 6.32. The minimum absolute atomic E-state index is 0.634. The average Bonchev–Trinajstić information content (AvgIpc) is 3.61. The van der Waals surface area contributed by atoms with E-state index in [1.807, 2.05) is 60.7 Å². The van der Waals surface area contributed by atoms with Gasteiger partial charge in [-0.3, -0.25) is 9.97 Å². The van der Waals surface area contributed by atoms with Gasteiger partial charge in [0.2, 0.25) is 0 Å². The van der Waals surface area contributed by atoms with Crippen molar-refractivity contribution in [2.24, 2.45) is 0 Å². The van der Waals surface area contributed by atoms with E-state index in [9.17, 15) is 0 Å². The van der Waals surface area contributed by atoms with Gasteiger partial charge in [0.25, 0.3) is 0 Å². The number of nitrogens with zero attached hydrogens (tertiary/aromatic N) is 6. The van der Waals surface area contributed by atoms with Gasteiger partial charge in [-0.25, -0.2) is 15.0 Å². The van der Waals surface area contributed by atoms with Gasteiger partial charge in [0.1, 0.15) is 0 Å². The second kappa shape index (κ2) is 12.5. The van der Waals surface area contributed by atoms with Gasteiger partial charge in [-0.15, -0.1) is 0 Å². The van der Waals surface area contributed by atoms with E-state index in [1.165, 1.54) is 16.2 Å². The van der Waals surface area contributed by atoms with E-state index in [0.29, 0.717) is 17.5 Å². The molecular formula is C49H30N6. The molecule has 0 amide bonds. The predicted octanol–water partition coefficient (Wildman–Crippen LogP) is 11.9. The van der Waals surface area contributed by atoms with Crippen LogP contribution < -0.4 is 0 Å². The molecule has 0 fully saturated rings. The van der Waals surface area contributed by atoms with Crippen molar-refractivity contribution in [1.82, 2.24) is 29.5 Å². The molecule has 0 aliphatic heterocycles. The number of benzene rings is 8. The fourth-order valence-corrected chi connectivity index (χ4v) is 8.01. The summed E-state index contributed by atoms with van der Waals surface area (Å²) in [6, 6.07) is 59.2. The van der Waals surface area contributed by atoms with Gasteiger partial charge in [0, 0.05) is 61.7 Å². The molecule has 0 saturated heterocycles. The maximum atomic E-state index is 4.94. The molecule has 0 unspecified atom stereocenters. The lowest BCUT2D eigenvalue weighted by molar-refractivity contribution is 1.07. The Morgan fingerprint density at radius 2 is 0.855 bits per heavy atom. The summed E-state index contributed by atoms with van der Waals surface area (Å²) in [6.45, 7) is 0. The molecule has 0 bridgehead atoms. The molecule has 11 rings (SSSR count). The van der Waals surface area contributed by atoms with Gasteiger partial charge < -0.3 is 4.57 Å². The Balaban J connectivity index is 1.07. The van der Waals surface area contributed by atoms with Crippen LogP contribution in [0.4, 0.5) is 0 Å². The van der Waals surface area contributed by atoms with Crippen molar-refractivity contribution in [2.75, 3.05) is 0 Å². The fourth-order valence-electron chi connectivity index (χ4n) is 8.01. The second-order valence-corrected chi connectivity index (χ2v) is 13.7. The van der Waals surface area contributed by atoms with E-state index in [2.05, 4.69) is 114 Å². The lowest BCUT2D eigenvalue weighted by atomic mass is 9.97. The fraction of sp³-hybridized carbons (Fsp3) is 0. The van der Waals surface area contributed by atoms with Crippen LogP contribution in [0.5, 0.6) is 0 Å². The van der Waals surface area contributed by atoms with Gasteiger partial charge in [-0.2, -0.15) is 0 Å². The highest BCUT2D eigenvalue weighted by atomic mass is 15.0. The van der Waals surface area contributed by atoms with Crippen molar-refractivity contribution in [3.63, 3.8) is 0 Å². The highest BCUT2D eigenvalue weighted by Crippen LogP contribution is 2.42. The van der Waals surface area contributed by atoms with Gasteiger partial charge in [-0.1, -0.05) is 152 Å². The van der Waals surface area contributed by atoms with Crippen LogP contribution >= 0.6 is 0 Å². The van der Waals surface area contributed by atoms with Crippen molar-refractivity contribution in [2.45, 2.75) is 0 Å². The van der Waals surface area contributed by atoms with E-state index in [0.717, 1.165) is 71.7 Å². The van der Waals surface area contributed by atoms with Gasteiger partial charge in [0.05, 0.1) is 22.1 Å². The number of hydrogen-bond acceptors (Lipinski definition) is 5. The lowest BCUT2D eigenvalue weighted by Crippen LogP contribution is -2.00. The van der Waals surface area contributed by atoms with Crippen molar-refractivity contribution in [1.29, 1.82) is 0 Å². The summed E-state index contributed by atoms with van der Waals surface area (Å²) in [7, 11) is 0. The zero-order chi connectivity index (χ0) is 36.3. The summed E-state index contributed by atoms with van der Waals surface area (Å²) >= 11 is 0. The first-order valence-electron chi connectivity index (χ1n) is 18.3. The van der Waals surface area contributed by atoms with E-state index in [-0.39, 0.29) is 0 Å². The lowest BCUT2D eigenvalue weighted by Gasteiger charge is -2.14. The SMILES string of the molecule is c1ccc(-c2nc(-c3ccccc3)nc(-c3ccc(-c4cccc(-n5c6ccccc6c6ccc7c8nccnc8c8ccccc8c7c65)c4)cc3)n2)cc1. The number of rotatable bonds is 5. The van der Waals surface area contributed by atoms with E-state index in [4.69, 9.17) is 24.9 Å². The summed E-state index contributed by atoms with van der Waals surface area (Å²) < 4.78 is 2.42. The molecule has 3 aromatic heterocycles. The van der Waals surface area contributed by atoms with E-state index in [1.54, 1.807) is 12.4 Å². The van der Waals surface area contributed by atoms with Crippen LogP contribution in [0.25, 0.3) is 105 Å². The van der Waals surface area contributed by atoms with Crippen LogP contribution in [-0.4, -0.2) is 29.5 Å². The Hall–Kier alpha value is -7.57. The summed E-state index contributed by atoms with van der Waals surface area (Å²) in [5, 5.41) is 6.94. The normalized spacial score (nSPS) is 11.6. The number of para-hydroxylation sites is 1. The number of aromatic nitrogens is 6. The first kappa shape index (κ1) is 31.0. The molecule has 11 aromatic rings. The quantitative estimate of drug-likeness (QED) is 0.167. The molecule has 0 aliphatic rings. The van der Waals surface area contributed by atoms with Gasteiger partial charge in [0.15, 0.2) is 17.5 Å². The van der Waals surface area contributed by atoms with Crippen LogP contribution in [0.2, 0.25) is 0 Å². The third-order valence-corrected chi connectivity index (χ3v) is 10.5. The summed E-state index contributed by atoms with van der Waals surface area (Å²) in [5.74, 6) is 1.93. The van der Waals surface area contributed by atoms with Crippen LogP contribution in [-0.2, 0) is 0 Å². The van der Waals surface area contributed by atoms with Gasteiger partial charge in [-0.05, 0) is 34.7 Å². The molecule has 0 saturated carbocycles. The summed E-state index contributed by atoms with van der Waals surface area (Å²) in [5.41, 5.74) is 10.3. The van der Waals surface area contributed by atoms with E-state index < -0.39 is 0 Å². The molecule has 0 aliphatic carbocycles. The molecule has 0 spiro atoms. The molecule has 256 valence electrons. The minimum Gasteiger partial charge on any atom is -0.309 e. The Morgan fingerprint density at radius 3 is 1.53 bits per heavy atom. The largest absolute Gasteiger partial charge is 0.309 e. The van der Waals surface area contributed by atoms with E-state index >= 15 is 0 Å². The zero-order valence-corrected chi connectivity index (χ0v) is 29.5. The first-order valence-corrected chi connectivity index (χ1v) is 18.3. The molecule has 3 heterocycles. The van der Waals surface area contributed by atoms with Crippen LogP contribution in [0.15, 0.2) is 182 Å². The Bertz CT molecular complexity index is 3150. The van der Waals surface area contributed by atoms with Gasteiger partial charge >= 0.3 is 0 Å². The Kier molecular flexibility index (Phi) is 7.07. The Morgan fingerprint density at radius 1 is 0.345 bits per heavy atom. The third kappa shape index (κ3) is 5.07. The zero-order valence-electron chi connectivity index (χ0n) is 29.5. The molecule has 0 radical (unpaired) electrons. The van der Waals surface area contributed by atoms with Crippen LogP contribution in [0.3, 0.4) is 0 Å². The Labute approximate surface area is 316 Å². The summed E-state index contributed by atoms with van der Waals surface area (Å²) in [4.78, 5) is 24.4. The minimum atomic E-state index is 0.634. The molecule has 0 atom stereocenters.